The molecule has 7 nitrogen and oxygen atoms in total. The quantitative estimate of drug-likeness (QED) is 0.253. The number of ether oxygens (including phenoxy) is 2. The second kappa shape index (κ2) is 11.5. The topological polar surface area (TPSA) is 86.5 Å². The maximum absolute atomic E-state index is 12.6. The Morgan fingerprint density at radius 2 is 1.72 bits per heavy atom. The van der Waals surface area contributed by atoms with E-state index in [2.05, 4.69) is 55.5 Å². The van der Waals surface area contributed by atoms with Crippen LogP contribution in [0.3, 0.4) is 0 Å². The second-order valence-electron chi connectivity index (χ2n) is 11.6. The van der Waals surface area contributed by atoms with Crippen molar-refractivity contribution in [1.29, 1.82) is 0 Å². The number of amides is 1. The van der Waals surface area contributed by atoms with Gasteiger partial charge in [-0.25, -0.2) is 4.79 Å². The van der Waals surface area contributed by atoms with E-state index in [0.29, 0.717) is 18.3 Å². The van der Waals surface area contributed by atoms with Gasteiger partial charge in [-0.1, -0.05) is 48.8 Å². The van der Waals surface area contributed by atoms with Gasteiger partial charge in [0.1, 0.15) is 24.7 Å². The van der Waals surface area contributed by atoms with Crippen molar-refractivity contribution in [3.63, 3.8) is 0 Å². The molecule has 4 rings (SSSR count). The van der Waals surface area contributed by atoms with Crippen LogP contribution in [0.5, 0.6) is 5.75 Å². The molecule has 2 aromatic carbocycles. The molecule has 0 aliphatic rings. The minimum absolute atomic E-state index is 0.111. The molecule has 0 aliphatic carbocycles. The summed E-state index contributed by atoms with van der Waals surface area (Å²) >= 11 is 0. The predicted octanol–water partition coefficient (Wildman–Crippen LogP) is 7.62. The zero-order chi connectivity index (χ0) is 28.3. The third kappa shape index (κ3) is 6.96. The van der Waals surface area contributed by atoms with Crippen molar-refractivity contribution in [1.82, 2.24) is 15.5 Å². The number of nitrogens with one attached hydrogen (secondary N) is 1. The average molecular weight is 530 g/mol. The molecule has 0 saturated heterocycles. The standard InChI is InChI=1S/C32H39N3O4/c1-19(2)15-29-27(18-38-31(36)34-32(6,7)8)30(23-11-9-20(3)10-12-23)25-16-24(13-14-28(25)33-29)37-17-26-21(4)35-39-22(26)5/h9-14,16,19H,15,17-18H2,1-8H3,(H,34,36). The van der Waals surface area contributed by atoms with Crippen molar-refractivity contribution in [3.8, 4) is 16.9 Å². The number of carbonyl (C=O) groups excluding carboxylic acids is 1. The molecule has 2 heterocycles. The highest BCUT2D eigenvalue weighted by Crippen LogP contribution is 2.37. The van der Waals surface area contributed by atoms with Gasteiger partial charge in [-0.15, -0.1) is 0 Å². The monoisotopic (exact) mass is 529 g/mol. The fourth-order valence-corrected chi connectivity index (χ4v) is 4.53. The Morgan fingerprint density at radius 1 is 1.00 bits per heavy atom. The Morgan fingerprint density at radius 3 is 2.33 bits per heavy atom. The Labute approximate surface area is 230 Å². The van der Waals surface area contributed by atoms with E-state index in [-0.39, 0.29) is 6.61 Å². The molecule has 0 aliphatic heterocycles. The highest BCUT2D eigenvalue weighted by atomic mass is 16.5. The summed E-state index contributed by atoms with van der Waals surface area (Å²) in [6.07, 6.45) is 0.308. The molecule has 0 spiro atoms. The fourth-order valence-electron chi connectivity index (χ4n) is 4.53. The molecular weight excluding hydrogens is 490 g/mol. The zero-order valence-corrected chi connectivity index (χ0v) is 24.3. The van der Waals surface area contributed by atoms with E-state index in [1.54, 1.807) is 0 Å². The summed E-state index contributed by atoms with van der Waals surface area (Å²) < 4.78 is 17.3. The Kier molecular flexibility index (Phi) is 8.28. The zero-order valence-electron chi connectivity index (χ0n) is 24.3. The van der Waals surface area contributed by atoms with Gasteiger partial charge < -0.3 is 19.3 Å². The van der Waals surface area contributed by atoms with E-state index in [4.69, 9.17) is 19.0 Å². The number of benzene rings is 2. The van der Waals surface area contributed by atoms with Crippen LogP contribution in [0, 0.1) is 26.7 Å². The van der Waals surface area contributed by atoms with E-state index >= 15 is 0 Å². The van der Waals surface area contributed by atoms with Crippen LogP contribution in [0.2, 0.25) is 0 Å². The van der Waals surface area contributed by atoms with Gasteiger partial charge in [0.15, 0.2) is 0 Å². The van der Waals surface area contributed by atoms with Gasteiger partial charge in [0.2, 0.25) is 0 Å². The van der Waals surface area contributed by atoms with Crippen molar-refractivity contribution in [2.24, 2.45) is 5.92 Å². The predicted molar refractivity (Wildman–Crippen MR) is 154 cm³/mol. The molecule has 0 bridgehead atoms. The van der Waals surface area contributed by atoms with Crippen molar-refractivity contribution in [3.05, 3.63) is 76.3 Å². The number of carbonyl (C=O) groups is 1. The van der Waals surface area contributed by atoms with Crippen molar-refractivity contribution in [2.45, 2.75) is 80.6 Å². The molecule has 0 fully saturated rings. The number of hydrogen-bond acceptors (Lipinski definition) is 6. The first kappa shape index (κ1) is 28.1. The molecule has 2 aromatic heterocycles. The third-order valence-corrected chi connectivity index (χ3v) is 6.47. The van der Waals surface area contributed by atoms with Crippen LogP contribution < -0.4 is 10.1 Å². The first-order valence-corrected chi connectivity index (χ1v) is 13.4. The summed E-state index contributed by atoms with van der Waals surface area (Å²) in [7, 11) is 0. The number of rotatable bonds is 8. The van der Waals surface area contributed by atoms with Gasteiger partial charge in [0.25, 0.3) is 0 Å². The van der Waals surface area contributed by atoms with E-state index in [9.17, 15) is 4.79 Å². The number of pyridine rings is 1. The summed E-state index contributed by atoms with van der Waals surface area (Å²) in [4.78, 5) is 17.7. The summed E-state index contributed by atoms with van der Waals surface area (Å²) in [6.45, 7) is 16.5. The lowest BCUT2D eigenvalue weighted by Gasteiger charge is -2.22. The molecule has 39 heavy (non-hydrogen) atoms. The molecule has 206 valence electrons. The van der Waals surface area contributed by atoms with Crippen LogP contribution in [0.4, 0.5) is 4.79 Å². The Balaban J connectivity index is 1.83. The normalized spacial score (nSPS) is 11.7. The lowest BCUT2D eigenvalue weighted by atomic mass is 9.91. The largest absolute Gasteiger partial charge is 0.489 e. The molecule has 7 heteroatoms. The van der Waals surface area contributed by atoms with Crippen LogP contribution in [0.1, 0.15) is 68.5 Å². The number of aromatic nitrogens is 2. The van der Waals surface area contributed by atoms with Crippen LogP contribution in [-0.2, 0) is 24.4 Å². The van der Waals surface area contributed by atoms with Gasteiger partial charge in [-0.3, -0.25) is 4.98 Å². The lowest BCUT2D eigenvalue weighted by molar-refractivity contribution is 0.131. The first-order chi connectivity index (χ1) is 18.4. The second-order valence-corrected chi connectivity index (χ2v) is 11.6. The van der Waals surface area contributed by atoms with Crippen molar-refractivity contribution < 1.29 is 18.8 Å². The molecular formula is C32H39N3O4. The molecule has 1 amide bonds. The maximum atomic E-state index is 12.6. The SMILES string of the molecule is Cc1ccc(-c2c(COC(=O)NC(C)(C)C)c(CC(C)C)nc3ccc(OCc4c(C)noc4C)cc23)cc1. The van der Waals surface area contributed by atoms with E-state index in [0.717, 1.165) is 56.7 Å². The molecule has 4 aromatic rings. The van der Waals surface area contributed by atoms with Crippen LogP contribution in [0.15, 0.2) is 47.0 Å². The molecule has 1 N–H and O–H groups in total. The number of fused-ring (bicyclic) bond motifs is 1. The van der Waals surface area contributed by atoms with Gasteiger partial charge in [0, 0.05) is 22.2 Å². The van der Waals surface area contributed by atoms with Crippen LogP contribution in [0.25, 0.3) is 22.0 Å². The summed E-state index contributed by atoms with van der Waals surface area (Å²) in [5.41, 5.74) is 7.29. The summed E-state index contributed by atoms with van der Waals surface area (Å²) in [6, 6.07) is 14.4. The average Bonchev–Trinajstić information content (AvgIpc) is 3.17. The van der Waals surface area contributed by atoms with Gasteiger partial charge in [0.05, 0.1) is 16.8 Å². The minimum Gasteiger partial charge on any atom is -0.489 e. The number of nitrogens with zero attached hydrogens (tertiary/aromatic N) is 2. The molecule has 0 unspecified atom stereocenters. The first-order valence-electron chi connectivity index (χ1n) is 13.4. The van der Waals surface area contributed by atoms with Crippen molar-refractivity contribution in [2.75, 3.05) is 0 Å². The van der Waals surface area contributed by atoms with Gasteiger partial charge in [-0.05, 0) is 83.2 Å². The lowest BCUT2D eigenvalue weighted by Crippen LogP contribution is -2.40. The summed E-state index contributed by atoms with van der Waals surface area (Å²) in [5.74, 6) is 1.84. The van der Waals surface area contributed by atoms with Gasteiger partial charge >= 0.3 is 6.09 Å². The van der Waals surface area contributed by atoms with Crippen molar-refractivity contribution >= 4 is 17.0 Å². The third-order valence-electron chi connectivity index (χ3n) is 6.47. The fraction of sp³-hybridized carbons (Fsp3) is 0.406. The molecule has 0 saturated carbocycles. The van der Waals surface area contributed by atoms with Crippen LogP contribution in [-0.4, -0.2) is 21.8 Å². The summed E-state index contributed by atoms with van der Waals surface area (Å²) in [5, 5.41) is 7.86. The smallest absolute Gasteiger partial charge is 0.407 e. The molecule has 0 radical (unpaired) electrons. The highest BCUT2D eigenvalue weighted by Gasteiger charge is 2.21. The number of hydrogen-bond donors (Lipinski definition) is 1. The molecule has 0 atom stereocenters. The highest BCUT2D eigenvalue weighted by molar-refractivity contribution is 5.97. The van der Waals surface area contributed by atoms with Gasteiger partial charge in [-0.2, -0.15) is 0 Å². The number of alkyl carbamates (subject to hydrolysis) is 1. The van der Waals surface area contributed by atoms with E-state index in [1.165, 1.54) is 5.56 Å². The Bertz CT molecular complexity index is 1440. The minimum atomic E-state index is -0.454. The maximum Gasteiger partial charge on any atom is 0.407 e. The number of aryl methyl sites for hydroxylation is 3. The van der Waals surface area contributed by atoms with E-state index in [1.807, 2.05) is 52.8 Å². The Hall–Kier alpha value is -3.87. The van der Waals surface area contributed by atoms with E-state index < -0.39 is 11.6 Å². The van der Waals surface area contributed by atoms with Crippen LogP contribution >= 0.6 is 0 Å².